The van der Waals surface area contributed by atoms with Crippen molar-refractivity contribution in [2.24, 2.45) is 5.10 Å². The molecule has 1 aromatic carbocycles. The van der Waals surface area contributed by atoms with Crippen LogP contribution < -0.4 is 5.43 Å². The normalized spacial score (nSPS) is 11.4. The maximum absolute atomic E-state index is 11.6. The van der Waals surface area contributed by atoms with Crippen molar-refractivity contribution < 1.29 is 14.3 Å². The van der Waals surface area contributed by atoms with Crippen LogP contribution in [0.1, 0.15) is 23.0 Å². The highest BCUT2D eigenvalue weighted by atomic mass is 35.5. The summed E-state index contributed by atoms with van der Waals surface area (Å²) in [6, 6.07) is 6.01. The Morgan fingerprint density at radius 3 is 2.80 bits per heavy atom. The van der Waals surface area contributed by atoms with Crippen molar-refractivity contribution >= 4 is 34.8 Å². The lowest BCUT2D eigenvalue weighted by Gasteiger charge is -2.07. The third-order valence-corrected chi connectivity index (χ3v) is 2.99. The van der Waals surface area contributed by atoms with Crippen molar-refractivity contribution in [2.75, 3.05) is 0 Å². The summed E-state index contributed by atoms with van der Waals surface area (Å²) in [5.74, 6) is -0.513. The summed E-state index contributed by atoms with van der Waals surface area (Å²) in [4.78, 5) is 11.6. The van der Waals surface area contributed by atoms with E-state index in [2.05, 4.69) is 10.5 Å². The van der Waals surface area contributed by atoms with Crippen LogP contribution in [0.5, 0.6) is 5.75 Å². The summed E-state index contributed by atoms with van der Waals surface area (Å²) in [5, 5.41) is 14.2. The van der Waals surface area contributed by atoms with E-state index in [4.69, 9.17) is 27.6 Å². The first-order valence-electron chi connectivity index (χ1n) is 5.55. The highest BCUT2D eigenvalue weighted by Gasteiger charge is 2.12. The molecule has 0 spiro atoms. The number of hydrogen-bond donors (Lipinski definition) is 2. The molecule has 1 amide bonds. The number of amides is 1. The zero-order chi connectivity index (χ0) is 14.7. The van der Waals surface area contributed by atoms with Gasteiger partial charge in [-0.05, 0) is 31.2 Å². The number of carbonyl (C=O) groups excluding carboxylic acids is 1. The van der Waals surface area contributed by atoms with Gasteiger partial charge in [0.25, 0.3) is 0 Å². The maximum Gasteiger partial charge on any atom is 0.307 e. The van der Waals surface area contributed by atoms with Crippen LogP contribution in [0.4, 0.5) is 0 Å². The molecule has 0 atom stereocenters. The molecule has 0 radical (unpaired) electrons. The number of phenols is 1. The number of nitrogens with zero attached hydrogens (tertiary/aromatic N) is 1. The van der Waals surface area contributed by atoms with E-state index in [1.54, 1.807) is 13.0 Å². The fraction of sp³-hybridized carbons (Fsp3) is 0.0769. The van der Waals surface area contributed by atoms with Crippen LogP contribution in [0, 0.1) is 0 Å². The van der Waals surface area contributed by atoms with Crippen molar-refractivity contribution in [3.63, 3.8) is 0 Å². The maximum atomic E-state index is 11.6. The highest BCUT2D eigenvalue weighted by Crippen LogP contribution is 2.31. The van der Waals surface area contributed by atoms with Crippen molar-refractivity contribution in [1.82, 2.24) is 5.43 Å². The quantitative estimate of drug-likeness (QED) is 0.673. The van der Waals surface area contributed by atoms with Gasteiger partial charge in [-0.25, -0.2) is 5.43 Å². The van der Waals surface area contributed by atoms with Gasteiger partial charge in [-0.15, -0.1) is 0 Å². The number of hydrazone groups is 1. The lowest BCUT2D eigenvalue weighted by molar-refractivity contribution is 0.0927. The molecule has 2 rings (SSSR count). The van der Waals surface area contributed by atoms with Gasteiger partial charge in [0.05, 0.1) is 17.0 Å². The fourth-order valence-corrected chi connectivity index (χ4v) is 1.99. The molecule has 1 heterocycles. The van der Waals surface area contributed by atoms with E-state index >= 15 is 0 Å². The molecule has 2 aromatic rings. The van der Waals surface area contributed by atoms with Gasteiger partial charge in [0.1, 0.15) is 5.75 Å². The average molecular weight is 313 g/mol. The van der Waals surface area contributed by atoms with Crippen molar-refractivity contribution in [3.05, 3.63) is 51.9 Å². The molecule has 0 unspecified atom stereocenters. The number of carbonyl (C=O) groups is 1. The number of benzene rings is 1. The minimum absolute atomic E-state index is 0.111. The Morgan fingerprint density at radius 2 is 2.15 bits per heavy atom. The number of hydrogen-bond acceptors (Lipinski definition) is 4. The van der Waals surface area contributed by atoms with Gasteiger partial charge in [0, 0.05) is 10.6 Å². The van der Waals surface area contributed by atoms with Crippen LogP contribution in [-0.4, -0.2) is 16.7 Å². The van der Waals surface area contributed by atoms with E-state index in [0.717, 1.165) is 0 Å². The first kappa shape index (κ1) is 14.4. The molecule has 0 bridgehead atoms. The van der Waals surface area contributed by atoms with Crippen LogP contribution in [0.15, 0.2) is 40.0 Å². The molecule has 1 aromatic heterocycles. The Morgan fingerprint density at radius 1 is 1.40 bits per heavy atom. The van der Waals surface area contributed by atoms with Crippen molar-refractivity contribution in [1.29, 1.82) is 0 Å². The summed E-state index contributed by atoms with van der Waals surface area (Å²) >= 11 is 11.7. The molecule has 5 nitrogen and oxygen atoms in total. The largest absolute Gasteiger partial charge is 0.506 e. The molecule has 20 heavy (non-hydrogen) atoms. The molecular formula is C13H10Cl2N2O3. The number of halogens is 2. The lowest BCUT2D eigenvalue weighted by Crippen LogP contribution is -2.18. The number of rotatable bonds is 3. The molecule has 0 saturated heterocycles. The second-order valence-electron chi connectivity index (χ2n) is 3.90. The second kappa shape index (κ2) is 5.98. The van der Waals surface area contributed by atoms with Gasteiger partial charge in [-0.3, -0.25) is 4.79 Å². The minimum Gasteiger partial charge on any atom is -0.506 e. The van der Waals surface area contributed by atoms with E-state index in [0.29, 0.717) is 16.3 Å². The van der Waals surface area contributed by atoms with E-state index in [9.17, 15) is 9.90 Å². The number of nitrogens with one attached hydrogen (secondary N) is 1. The topological polar surface area (TPSA) is 74.8 Å². The minimum atomic E-state index is -0.498. The standard InChI is InChI=1S/C13H10Cl2N2O3/c1-7(9-5-8(14)6-10(15)12(9)18)16-17-13(19)11-3-2-4-20-11/h2-6,18H,1H3,(H,17,19)/b16-7+. The first-order chi connectivity index (χ1) is 9.49. The Labute approximate surface area is 124 Å². The van der Waals surface area contributed by atoms with E-state index in [1.807, 2.05) is 0 Å². The zero-order valence-corrected chi connectivity index (χ0v) is 11.9. The van der Waals surface area contributed by atoms with Crippen molar-refractivity contribution in [2.45, 2.75) is 6.92 Å². The molecule has 104 valence electrons. The summed E-state index contributed by atoms with van der Waals surface area (Å²) in [5.41, 5.74) is 3.00. The Kier molecular flexibility index (Phi) is 4.32. The zero-order valence-electron chi connectivity index (χ0n) is 10.4. The van der Waals surface area contributed by atoms with Crippen LogP contribution in [0.25, 0.3) is 0 Å². The predicted octanol–water partition coefficient (Wildman–Crippen LogP) is 3.45. The number of aromatic hydroxyl groups is 1. The van der Waals surface area contributed by atoms with Gasteiger partial charge in [0.2, 0.25) is 0 Å². The molecule has 0 fully saturated rings. The molecule has 0 saturated carbocycles. The molecule has 7 heteroatoms. The van der Waals surface area contributed by atoms with Gasteiger partial charge >= 0.3 is 5.91 Å². The van der Waals surface area contributed by atoms with Crippen LogP contribution in [0.3, 0.4) is 0 Å². The number of phenolic OH excluding ortho intramolecular Hbond substituents is 1. The average Bonchev–Trinajstić information content (AvgIpc) is 2.93. The van der Waals surface area contributed by atoms with Gasteiger partial charge in [-0.2, -0.15) is 5.10 Å². The summed E-state index contributed by atoms with van der Waals surface area (Å²) in [6.07, 6.45) is 1.38. The Bertz CT molecular complexity index is 667. The molecule has 0 aliphatic heterocycles. The predicted molar refractivity (Wildman–Crippen MR) is 76.5 cm³/mol. The van der Waals surface area contributed by atoms with Crippen LogP contribution in [-0.2, 0) is 0 Å². The van der Waals surface area contributed by atoms with Crippen molar-refractivity contribution in [3.8, 4) is 5.75 Å². The lowest BCUT2D eigenvalue weighted by atomic mass is 10.1. The third kappa shape index (κ3) is 3.12. The smallest absolute Gasteiger partial charge is 0.307 e. The first-order valence-corrected chi connectivity index (χ1v) is 6.31. The Balaban J connectivity index is 2.21. The van der Waals surface area contributed by atoms with Gasteiger partial charge in [-0.1, -0.05) is 23.2 Å². The van der Waals surface area contributed by atoms with Gasteiger partial charge < -0.3 is 9.52 Å². The highest BCUT2D eigenvalue weighted by molar-refractivity contribution is 6.36. The SMILES string of the molecule is C/C(=N\NC(=O)c1ccco1)c1cc(Cl)cc(Cl)c1O. The van der Waals surface area contributed by atoms with Crippen LogP contribution in [0.2, 0.25) is 10.0 Å². The molecule has 0 aliphatic carbocycles. The molecule has 0 aliphatic rings. The van der Waals surface area contributed by atoms with Gasteiger partial charge in [0.15, 0.2) is 5.76 Å². The summed E-state index contributed by atoms with van der Waals surface area (Å²) in [7, 11) is 0. The monoisotopic (exact) mass is 312 g/mol. The second-order valence-corrected chi connectivity index (χ2v) is 4.74. The Hall–Kier alpha value is -1.98. The molecular weight excluding hydrogens is 303 g/mol. The fourth-order valence-electron chi connectivity index (χ4n) is 1.50. The third-order valence-electron chi connectivity index (χ3n) is 2.49. The van der Waals surface area contributed by atoms with E-state index in [1.165, 1.54) is 24.5 Å². The summed E-state index contributed by atoms with van der Waals surface area (Å²) < 4.78 is 4.92. The molecule has 2 N–H and O–H groups in total. The summed E-state index contributed by atoms with van der Waals surface area (Å²) in [6.45, 7) is 1.60. The van der Waals surface area contributed by atoms with Crippen LogP contribution >= 0.6 is 23.2 Å². The number of furan rings is 1. The van der Waals surface area contributed by atoms with E-state index in [-0.39, 0.29) is 16.5 Å². The van der Waals surface area contributed by atoms with E-state index < -0.39 is 5.91 Å².